The van der Waals surface area contributed by atoms with Gasteiger partial charge in [0.2, 0.25) is 0 Å². The van der Waals surface area contributed by atoms with E-state index in [0.717, 1.165) is 71.4 Å². The molecule has 0 spiro atoms. The van der Waals surface area contributed by atoms with E-state index in [0.29, 0.717) is 54.9 Å². The van der Waals surface area contributed by atoms with Gasteiger partial charge in [0.1, 0.15) is 0 Å². The summed E-state index contributed by atoms with van der Waals surface area (Å²) in [6, 6.07) is 28.1. The molecule has 0 atom stereocenters. The third-order valence-corrected chi connectivity index (χ3v) is 12.3. The monoisotopic (exact) mass is 989 g/mol. The summed E-state index contributed by atoms with van der Waals surface area (Å²) in [5.74, 6) is 8.27. The van der Waals surface area contributed by atoms with Crippen molar-refractivity contribution in [1.82, 2.24) is 33.8 Å². The minimum absolute atomic E-state index is 0. The van der Waals surface area contributed by atoms with E-state index in [1.165, 1.54) is 27.2 Å². The van der Waals surface area contributed by atoms with E-state index in [1.54, 1.807) is 65.1 Å². The molecule has 0 saturated carbocycles. The van der Waals surface area contributed by atoms with Gasteiger partial charge in [-0.25, -0.2) is 9.97 Å². The van der Waals surface area contributed by atoms with Crippen LogP contribution in [0.25, 0.3) is 12.2 Å². The number of nitrogens with two attached hydrogens (primary N) is 3. The van der Waals surface area contributed by atoms with Gasteiger partial charge in [0.05, 0.1) is 11.1 Å². The summed E-state index contributed by atoms with van der Waals surface area (Å²) in [5, 5.41) is 14.3. The number of hydrogen-bond donors (Lipinski definition) is 6. The minimum atomic E-state index is -0.271. The molecule has 18 heteroatoms. The predicted molar refractivity (Wildman–Crippen MR) is 288 cm³/mol. The Morgan fingerprint density at radius 1 is 0.625 bits per heavy atom. The SMILES string of the molecule is C/C(=C\c1ccccc1)CN1CCC(Nc2nccn(CCCN)c2=O)CC1.C/C(=C\c1ccccc1)CN1CCC(Nc2nccn(CCCN3C(=O)c4ccccc4C3=O)c2=O)CC1.CCO.NN.O. The number of aryl methyl sites for hydroxylation is 2. The zero-order valence-electron chi connectivity index (χ0n) is 42.2. The van der Waals surface area contributed by atoms with E-state index < -0.39 is 0 Å². The van der Waals surface area contributed by atoms with E-state index in [-0.39, 0.29) is 47.6 Å². The number of nitrogens with zero attached hydrogens (tertiary/aromatic N) is 7. The lowest BCUT2D eigenvalue weighted by molar-refractivity contribution is 0.0650. The number of rotatable bonds is 17. The summed E-state index contributed by atoms with van der Waals surface area (Å²) in [6.07, 6.45) is 16.4. The van der Waals surface area contributed by atoms with Crippen LogP contribution in [0, 0.1) is 0 Å². The summed E-state index contributed by atoms with van der Waals surface area (Å²) < 4.78 is 3.29. The fourth-order valence-electron chi connectivity index (χ4n) is 8.87. The minimum Gasteiger partial charge on any atom is -0.412 e. The standard InChI is InChI=1S/C30H33N5O3.C22H31N5O.C2H6O.H4N2.H2O/c1-22(20-23-8-3-2-4-9-23)21-33-17-12-24(13-18-33)32-27-30(38)34(19-14-31-27)15-7-16-35-28(36)25-10-5-6-11-26(25)29(35)37;1-18(16-19-6-3-2-4-7-19)17-26-13-8-20(9-14-26)25-21-22(28)27(12-5-10-23)15-11-24-21;1-2-3;1-2;/h2-6,8-11,14,19-20,24H,7,12-13,15-18,21H2,1H3,(H,31,32);2-4,6-7,11,15-16,20H,5,8-10,12-14,17,23H2,1H3,(H,24,25);3H,2H2,1H3;1-2H2;1H2/b22-20+;18-16+;;;. The van der Waals surface area contributed by atoms with Crippen LogP contribution in [0.4, 0.5) is 11.6 Å². The number of imide groups is 1. The third-order valence-electron chi connectivity index (χ3n) is 12.3. The number of fused-ring (bicyclic) bond motifs is 1. The molecule has 3 aromatic carbocycles. The number of hydrazine groups is 1. The van der Waals surface area contributed by atoms with Crippen LogP contribution in [-0.2, 0) is 13.1 Å². The molecular weight excluding hydrogens is 913 g/mol. The van der Waals surface area contributed by atoms with E-state index in [4.69, 9.17) is 10.8 Å². The number of nitrogens with one attached hydrogen (secondary N) is 2. The molecule has 0 bridgehead atoms. The molecule has 5 heterocycles. The summed E-state index contributed by atoms with van der Waals surface area (Å²) in [6.45, 7) is 14.0. The van der Waals surface area contributed by atoms with Gasteiger partial charge < -0.3 is 36.1 Å². The summed E-state index contributed by atoms with van der Waals surface area (Å²) in [7, 11) is 0. The molecule has 2 amide bonds. The second-order valence-corrected chi connectivity index (χ2v) is 17.9. The largest absolute Gasteiger partial charge is 0.412 e. The van der Waals surface area contributed by atoms with Crippen LogP contribution in [0.1, 0.15) is 91.1 Å². The van der Waals surface area contributed by atoms with Crippen molar-refractivity contribution in [3.8, 4) is 0 Å². The van der Waals surface area contributed by atoms with Gasteiger partial charge in [-0.3, -0.25) is 45.6 Å². The lowest BCUT2D eigenvalue weighted by Crippen LogP contribution is -2.41. The first kappa shape index (κ1) is 57.9. The summed E-state index contributed by atoms with van der Waals surface area (Å²) >= 11 is 0. The molecule has 5 aromatic rings. The number of anilines is 2. The molecule has 0 radical (unpaired) electrons. The Kier molecular flexibility index (Phi) is 24.9. The summed E-state index contributed by atoms with van der Waals surface area (Å²) in [4.78, 5) is 65.4. The quantitative estimate of drug-likeness (QED) is 0.0427. The van der Waals surface area contributed by atoms with Gasteiger partial charge >= 0.3 is 0 Å². The van der Waals surface area contributed by atoms with Crippen molar-refractivity contribution in [3.63, 3.8) is 0 Å². The zero-order valence-corrected chi connectivity index (χ0v) is 42.2. The number of benzene rings is 3. The Morgan fingerprint density at radius 2 is 1.00 bits per heavy atom. The van der Waals surface area contributed by atoms with Gasteiger partial charge in [-0.05, 0) is 89.1 Å². The Hall–Kier alpha value is -6.64. The molecule has 8 rings (SSSR count). The predicted octanol–water partition coefficient (Wildman–Crippen LogP) is 4.47. The highest BCUT2D eigenvalue weighted by Crippen LogP contribution is 2.23. The van der Waals surface area contributed by atoms with Crippen molar-refractivity contribution in [2.45, 2.75) is 84.5 Å². The first-order valence-corrected chi connectivity index (χ1v) is 24.7. The number of aromatic nitrogens is 4. The van der Waals surface area contributed by atoms with Gasteiger partial charge in [-0.1, -0.05) is 96.1 Å². The van der Waals surface area contributed by atoms with Crippen LogP contribution in [0.2, 0.25) is 0 Å². The van der Waals surface area contributed by atoms with Crippen LogP contribution in [-0.4, -0.2) is 127 Å². The van der Waals surface area contributed by atoms with Gasteiger partial charge in [-0.15, -0.1) is 0 Å². The number of likely N-dealkylation sites (tertiary alicyclic amines) is 2. The Morgan fingerprint density at radius 3 is 1.39 bits per heavy atom. The second kappa shape index (κ2) is 31.0. The van der Waals surface area contributed by atoms with Crippen molar-refractivity contribution < 1.29 is 20.2 Å². The molecular formula is C54H76N12O6. The average molecular weight is 989 g/mol. The van der Waals surface area contributed by atoms with Crippen LogP contribution in [0.3, 0.4) is 0 Å². The first-order chi connectivity index (χ1) is 34.6. The first-order valence-electron chi connectivity index (χ1n) is 24.7. The van der Waals surface area contributed by atoms with Gasteiger partial charge in [-0.2, -0.15) is 0 Å². The number of amides is 2. The normalized spacial score (nSPS) is 15.5. The van der Waals surface area contributed by atoms with E-state index in [1.807, 2.05) is 12.1 Å². The molecule has 0 unspecified atom stereocenters. The molecule has 2 aromatic heterocycles. The smallest absolute Gasteiger partial charge is 0.293 e. The molecule has 72 heavy (non-hydrogen) atoms. The maximum absolute atomic E-state index is 13.0. The topological polar surface area (TPSA) is 267 Å². The Balaban J connectivity index is 0.000000294. The number of aliphatic hydroxyl groups is 1. The Labute approximate surface area is 423 Å². The lowest BCUT2D eigenvalue weighted by Gasteiger charge is -2.32. The highest BCUT2D eigenvalue weighted by atomic mass is 16.2. The number of hydrogen-bond acceptors (Lipinski definition) is 14. The number of carbonyl (C=O) groups is 2. The molecule has 0 aliphatic carbocycles. The van der Waals surface area contributed by atoms with Crippen molar-refractivity contribution in [1.29, 1.82) is 0 Å². The maximum Gasteiger partial charge on any atom is 0.293 e. The third kappa shape index (κ3) is 17.6. The molecule has 388 valence electrons. The number of carbonyl (C=O) groups excluding carboxylic acids is 2. The summed E-state index contributed by atoms with van der Waals surface area (Å²) in [5.41, 5.74) is 11.4. The van der Waals surface area contributed by atoms with Crippen LogP contribution in [0.15, 0.2) is 130 Å². The van der Waals surface area contributed by atoms with Crippen LogP contribution >= 0.6 is 0 Å². The van der Waals surface area contributed by atoms with Gasteiger partial charge in [0.15, 0.2) is 11.6 Å². The average Bonchev–Trinajstić information content (AvgIpc) is 3.63. The van der Waals surface area contributed by atoms with E-state index in [9.17, 15) is 19.2 Å². The zero-order chi connectivity index (χ0) is 51.0. The van der Waals surface area contributed by atoms with Gasteiger partial charge in [0, 0.05) is 102 Å². The lowest BCUT2D eigenvalue weighted by atomic mass is 10.0. The van der Waals surface area contributed by atoms with E-state index >= 15 is 0 Å². The van der Waals surface area contributed by atoms with E-state index in [2.05, 4.69) is 117 Å². The van der Waals surface area contributed by atoms with Crippen molar-refractivity contribution in [3.05, 3.63) is 164 Å². The van der Waals surface area contributed by atoms with Gasteiger partial charge in [0.25, 0.3) is 22.9 Å². The number of piperidine rings is 2. The maximum atomic E-state index is 13.0. The Bertz CT molecular complexity index is 2550. The fourth-order valence-corrected chi connectivity index (χ4v) is 8.87. The van der Waals surface area contributed by atoms with Crippen LogP contribution < -0.4 is 39.2 Å². The van der Waals surface area contributed by atoms with Crippen molar-refractivity contribution in [2.75, 3.05) is 69.6 Å². The van der Waals surface area contributed by atoms with Crippen LogP contribution in [0.5, 0.6) is 0 Å². The molecule has 2 fully saturated rings. The number of aliphatic hydroxyl groups excluding tert-OH is 1. The van der Waals surface area contributed by atoms with Crippen molar-refractivity contribution in [2.24, 2.45) is 17.4 Å². The molecule has 3 aliphatic heterocycles. The fraction of sp³-hybridized carbons (Fsp3) is 0.407. The second-order valence-electron chi connectivity index (χ2n) is 17.9. The highest BCUT2D eigenvalue weighted by Gasteiger charge is 2.34. The molecule has 3 aliphatic rings. The van der Waals surface area contributed by atoms with Crippen molar-refractivity contribution >= 4 is 35.6 Å². The molecule has 18 nitrogen and oxygen atoms in total. The molecule has 2 saturated heterocycles. The highest BCUT2D eigenvalue weighted by molar-refractivity contribution is 6.21. The molecule has 11 N–H and O–H groups in total.